The Balaban J connectivity index is 2.19. The van der Waals surface area contributed by atoms with E-state index < -0.39 is 0 Å². The van der Waals surface area contributed by atoms with Crippen LogP contribution >= 0.6 is 0 Å². The van der Waals surface area contributed by atoms with Crippen LogP contribution in [0.3, 0.4) is 0 Å². The van der Waals surface area contributed by atoms with Gasteiger partial charge in [-0.3, -0.25) is 4.79 Å². The summed E-state index contributed by atoms with van der Waals surface area (Å²) < 4.78 is 0. The smallest absolute Gasteiger partial charge is 0.221 e. The van der Waals surface area contributed by atoms with Crippen LogP contribution in [-0.4, -0.2) is 48.4 Å². The van der Waals surface area contributed by atoms with Crippen LogP contribution in [0.4, 0.5) is 0 Å². The largest absolute Gasteiger partial charge is 0.411 e. The van der Waals surface area contributed by atoms with Crippen molar-refractivity contribution >= 4 is 11.6 Å². The zero-order chi connectivity index (χ0) is 10.4. The third kappa shape index (κ3) is 3.33. The summed E-state index contributed by atoms with van der Waals surface area (Å²) in [6.45, 7) is 2.56. The van der Waals surface area contributed by atoms with Crippen molar-refractivity contribution in [2.45, 2.75) is 19.3 Å². The maximum Gasteiger partial charge on any atom is 0.221 e. The topological polar surface area (TPSA) is 64.9 Å². The summed E-state index contributed by atoms with van der Waals surface area (Å²) in [5.41, 5.74) is 0.862. The molecule has 0 saturated carbocycles. The molecule has 1 heterocycles. The van der Waals surface area contributed by atoms with Gasteiger partial charge in [-0.15, -0.1) is 0 Å². The molecule has 0 aromatic heterocycles. The molecule has 0 spiro atoms. The molecule has 1 fully saturated rings. The van der Waals surface area contributed by atoms with E-state index in [-0.39, 0.29) is 5.91 Å². The van der Waals surface area contributed by atoms with E-state index in [1.807, 2.05) is 0 Å². The molecule has 0 aromatic carbocycles. The van der Waals surface area contributed by atoms with Gasteiger partial charge in [0.25, 0.3) is 0 Å². The van der Waals surface area contributed by atoms with Gasteiger partial charge in [-0.1, -0.05) is 5.16 Å². The minimum Gasteiger partial charge on any atom is -0.411 e. The normalized spacial score (nSPS) is 17.9. The monoisotopic (exact) mass is 199 g/mol. The Bertz CT molecular complexity index is 218. The summed E-state index contributed by atoms with van der Waals surface area (Å²) >= 11 is 0. The summed E-state index contributed by atoms with van der Waals surface area (Å²) in [5.74, 6) is 0.0756. The van der Waals surface area contributed by atoms with Crippen molar-refractivity contribution in [3.05, 3.63) is 0 Å². The van der Waals surface area contributed by atoms with Gasteiger partial charge in [0.2, 0.25) is 5.91 Å². The van der Waals surface area contributed by atoms with Crippen LogP contribution in [0.15, 0.2) is 5.16 Å². The van der Waals surface area contributed by atoms with E-state index in [4.69, 9.17) is 5.21 Å². The van der Waals surface area contributed by atoms with Crippen molar-refractivity contribution in [3.63, 3.8) is 0 Å². The van der Waals surface area contributed by atoms with Crippen LogP contribution in [0.2, 0.25) is 0 Å². The van der Waals surface area contributed by atoms with Crippen LogP contribution < -0.4 is 5.32 Å². The van der Waals surface area contributed by atoms with E-state index in [1.165, 1.54) is 0 Å². The highest BCUT2D eigenvalue weighted by Gasteiger charge is 2.15. The number of carbonyl (C=O) groups excluding carboxylic acids is 1. The first-order valence-electron chi connectivity index (χ1n) is 4.89. The van der Waals surface area contributed by atoms with E-state index in [0.717, 1.165) is 38.2 Å². The summed E-state index contributed by atoms with van der Waals surface area (Å²) in [6.07, 6.45) is 2.16. The van der Waals surface area contributed by atoms with Crippen molar-refractivity contribution in [1.29, 1.82) is 0 Å². The molecule has 2 N–H and O–H groups in total. The Labute approximate surface area is 83.8 Å². The second-order valence-corrected chi connectivity index (χ2v) is 3.43. The average Bonchev–Trinajstić information content (AvgIpc) is 2.26. The van der Waals surface area contributed by atoms with Crippen LogP contribution in [0.5, 0.6) is 0 Å². The van der Waals surface area contributed by atoms with Crippen LogP contribution in [0.25, 0.3) is 0 Å². The quantitative estimate of drug-likeness (QED) is 0.498. The molecular formula is C9H17N3O2. The number of nitrogens with one attached hydrogen (secondary N) is 1. The molecule has 5 nitrogen and oxygen atoms in total. The number of likely N-dealkylation sites (tertiary alicyclic amines) is 1. The lowest BCUT2D eigenvalue weighted by Crippen LogP contribution is -2.36. The second kappa shape index (κ2) is 5.59. The second-order valence-electron chi connectivity index (χ2n) is 3.43. The summed E-state index contributed by atoms with van der Waals surface area (Å²) in [4.78, 5) is 13.2. The summed E-state index contributed by atoms with van der Waals surface area (Å²) in [6, 6.07) is 0. The van der Waals surface area contributed by atoms with Gasteiger partial charge in [-0.05, 0) is 0 Å². The third-order valence-corrected chi connectivity index (χ3v) is 2.51. The first-order chi connectivity index (χ1) is 6.76. The Morgan fingerprint density at radius 1 is 1.57 bits per heavy atom. The highest BCUT2D eigenvalue weighted by atomic mass is 16.4. The predicted molar refractivity (Wildman–Crippen MR) is 53.6 cm³/mol. The Morgan fingerprint density at radius 2 is 2.21 bits per heavy atom. The SMILES string of the molecule is CNC(=O)CCN1CCC(=NO)CC1. The third-order valence-electron chi connectivity index (χ3n) is 2.51. The molecule has 0 bridgehead atoms. The molecular weight excluding hydrogens is 182 g/mol. The first kappa shape index (κ1) is 11.0. The number of hydrogen-bond donors (Lipinski definition) is 2. The highest BCUT2D eigenvalue weighted by Crippen LogP contribution is 2.07. The van der Waals surface area contributed by atoms with Crippen LogP contribution in [-0.2, 0) is 4.79 Å². The zero-order valence-corrected chi connectivity index (χ0v) is 8.49. The summed E-state index contributed by atoms with van der Waals surface area (Å²) in [7, 11) is 1.65. The fourth-order valence-electron chi connectivity index (χ4n) is 1.52. The summed E-state index contributed by atoms with van der Waals surface area (Å²) in [5, 5.41) is 14.3. The van der Waals surface area contributed by atoms with Crippen molar-refractivity contribution in [3.8, 4) is 0 Å². The Kier molecular flexibility index (Phi) is 4.39. The molecule has 80 valence electrons. The fourth-order valence-corrected chi connectivity index (χ4v) is 1.52. The molecule has 1 amide bonds. The maximum atomic E-state index is 11.0. The number of nitrogens with zero attached hydrogens (tertiary/aromatic N) is 2. The highest BCUT2D eigenvalue weighted by molar-refractivity contribution is 5.84. The lowest BCUT2D eigenvalue weighted by molar-refractivity contribution is -0.120. The van der Waals surface area contributed by atoms with Crippen LogP contribution in [0, 0.1) is 0 Å². The van der Waals surface area contributed by atoms with E-state index in [2.05, 4.69) is 15.4 Å². The van der Waals surface area contributed by atoms with Crippen molar-refractivity contribution in [1.82, 2.24) is 10.2 Å². The molecule has 0 aromatic rings. The molecule has 0 radical (unpaired) electrons. The minimum atomic E-state index is 0.0756. The molecule has 1 rings (SSSR count). The maximum absolute atomic E-state index is 11.0. The Morgan fingerprint density at radius 3 is 2.71 bits per heavy atom. The number of rotatable bonds is 3. The molecule has 1 aliphatic rings. The number of oxime groups is 1. The molecule has 0 unspecified atom stereocenters. The van der Waals surface area contributed by atoms with E-state index in [1.54, 1.807) is 7.05 Å². The van der Waals surface area contributed by atoms with Crippen molar-refractivity contribution in [2.24, 2.45) is 5.16 Å². The molecule has 1 saturated heterocycles. The van der Waals surface area contributed by atoms with Gasteiger partial charge in [0.15, 0.2) is 0 Å². The van der Waals surface area contributed by atoms with E-state index in [0.29, 0.717) is 6.42 Å². The molecule has 14 heavy (non-hydrogen) atoms. The lowest BCUT2D eigenvalue weighted by atomic mass is 10.1. The fraction of sp³-hybridized carbons (Fsp3) is 0.778. The number of amides is 1. The van der Waals surface area contributed by atoms with Gasteiger partial charge in [-0.25, -0.2) is 0 Å². The van der Waals surface area contributed by atoms with E-state index >= 15 is 0 Å². The minimum absolute atomic E-state index is 0.0756. The zero-order valence-electron chi connectivity index (χ0n) is 8.49. The number of hydrogen-bond acceptors (Lipinski definition) is 4. The van der Waals surface area contributed by atoms with Gasteiger partial charge in [0, 0.05) is 45.9 Å². The lowest BCUT2D eigenvalue weighted by Gasteiger charge is -2.26. The number of carbonyl (C=O) groups is 1. The average molecular weight is 199 g/mol. The Hall–Kier alpha value is -1.10. The predicted octanol–water partition coefficient (Wildman–Crippen LogP) is 0.0485. The van der Waals surface area contributed by atoms with Gasteiger partial charge >= 0.3 is 0 Å². The van der Waals surface area contributed by atoms with Crippen molar-refractivity contribution in [2.75, 3.05) is 26.7 Å². The molecule has 5 heteroatoms. The standard InChI is InChI=1S/C9H17N3O2/c1-10-9(13)4-7-12-5-2-8(11-14)3-6-12/h14H,2-7H2,1H3,(H,10,13). The van der Waals surface area contributed by atoms with Crippen molar-refractivity contribution < 1.29 is 10.0 Å². The molecule has 0 atom stereocenters. The van der Waals surface area contributed by atoms with Gasteiger partial charge < -0.3 is 15.4 Å². The number of piperidine rings is 1. The van der Waals surface area contributed by atoms with Gasteiger partial charge in [-0.2, -0.15) is 0 Å². The van der Waals surface area contributed by atoms with Crippen LogP contribution in [0.1, 0.15) is 19.3 Å². The van der Waals surface area contributed by atoms with Gasteiger partial charge in [0.1, 0.15) is 0 Å². The van der Waals surface area contributed by atoms with Gasteiger partial charge in [0.05, 0.1) is 5.71 Å². The molecule has 1 aliphatic heterocycles. The van der Waals surface area contributed by atoms with E-state index in [9.17, 15) is 4.79 Å². The first-order valence-corrected chi connectivity index (χ1v) is 4.89. The molecule has 0 aliphatic carbocycles.